The summed E-state index contributed by atoms with van der Waals surface area (Å²) in [5, 5.41) is 36.7. The zero-order valence-corrected chi connectivity index (χ0v) is 12.8. The van der Waals surface area contributed by atoms with Gasteiger partial charge in [-0.05, 0) is 32.1 Å². The summed E-state index contributed by atoms with van der Waals surface area (Å²) in [6.45, 7) is 0.215. The number of hydrogen-bond acceptors (Lipinski definition) is 4. The summed E-state index contributed by atoms with van der Waals surface area (Å²) in [5.74, 6) is -0.924. The first kappa shape index (κ1) is 20.1. The zero-order chi connectivity index (χ0) is 15.9. The van der Waals surface area contributed by atoms with Gasteiger partial charge >= 0.3 is 5.97 Å². The lowest BCUT2D eigenvalue weighted by molar-refractivity contribution is -0.131. The molecule has 0 aliphatic carbocycles. The molecule has 0 saturated carbocycles. The molecule has 0 aliphatic rings. The van der Waals surface area contributed by atoms with Crippen LogP contribution in [0.25, 0.3) is 0 Å². The minimum atomic E-state index is -0.924. The Kier molecular flexibility index (Phi) is 13.4. The van der Waals surface area contributed by atoms with Gasteiger partial charge in [-0.3, -0.25) is 0 Å². The van der Waals surface area contributed by atoms with E-state index in [1.165, 1.54) is 0 Å². The molecule has 21 heavy (non-hydrogen) atoms. The van der Waals surface area contributed by atoms with Gasteiger partial charge in [0.2, 0.25) is 0 Å². The van der Waals surface area contributed by atoms with Crippen molar-refractivity contribution in [3.8, 4) is 0 Å². The van der Waals surface area contributed by atoms with Gasteiger partial charge in [0.05, 0.1) is 12.2 Å². The molecular weight excluding hydrogens is 272 g/mol. The second-order valence-electron chi connectivity index (χ2n) is 5.44. The van der Waals surface area contributed by atoms with Gasteiger partial charge in [-0.1, -0.05) is 38.2 Å². The van der Waals surface area contributed by atoms with Crippen molar-refractivity contribution >= 4 is 5.97 Å². The molecule has 0 heterocycles. The van der Waals surface area contributed by atoms with E-state index < -0.39 is 18.2 Å². The van der Waals surface area contributed by atoms with Crippen LogP contribution in [0.3, 0.4) is 0 Å². The van der Waals surface area contributed by atoms with Crippen molar-refractivity contribution in [2.45, 2.75) is 76.4 Å². The van der Waals surface area contributed by atoms with Crippen LogP contribution in [-0.4, -0.2) is 45.2 Å². The molecule has 0 saturated heterocycles. The van der Waals surface area contributed by atoms with Crippen LogP contribution >= 0.6 is 0 Å². The molecule has 4 N–H and O–H groups in total. The summed E-state index contributed by atoms with van der Waals surface area (Å²) in [4.78, 5) is 10.2. The summed E-state index contributed by atoms with van der Waals surface area (Å²) >= 11 is 0. The number of unbranched alkanes of at least 4 members (excludes halogenated alkanes) is 6. The van der Waals surface area contributed by atoms with E-state index in [0.29, 0.717) is 12.8 Å². The molecule has 0 fully saturated rings. The average molecular weight is 302 g/mol. The first-order valence-electron chi connectivity index (χ1n) is 7.94. The molecule has 0 spiro atoms. The summed E-state index contributed by atoms with van der Waals surface area (Å²) in [6, 6.07) is 0. The standard InChI is InChI=1S/C16H30O5/c17-13-9-5-4-7-11-15(19)14(18)10-6-2-1-3-8-12-16(20)21/h8,12,14-15,17-19H,1-7,9-11,13H2,(H,20,21). The zero-order valence-electron chi connectivity index (χ0n) is 12.8. The number of aliphatic hydroxyl groups excluding tert-OH is 3. The largest absolute Gasteiger partial charge is 0.478 e. The molecule has 0 aromatic heterocycles. The maximum absolute atomic E-state index is 10.2. The van der Waals surface area contributed by atoms with Gasteiger partial charge in [0.1, 0.15) is 0 Å². The molecule has 0 aromatic carbocycles. The van der Waals surface area contributed by atoms with Crippen LogP contribution in [0.4, 0.5) is 0 Å². The number of aliphatic hydroxyl groups is 3. The fourth-order valence-corrected chi connectivity index (χ4v) is 2.18. The molecule has 0 rings (SSSR count). The van der Waals surface area contributed by atoms with E-state index in [2.05, 4.69) is 0 Å². The van der Waals surface area contributed by atoms with Crippen molar-refractivity contribution in [3.05, 3.63) is 12.2 Å². The van der Waals surface area contributed by atoms with Crippen molar-refractivity contribution in [2.24, 2.45) is 0 Å². The molecule has 0 aliphatic heterocycles. The molecule has 2 unspecified atom stereocenters. The van der Waals surface area contributed by atoms with E-state index in [4.69, 9.17) is 10.2 Å². The lowest BCUT2D eigenvalue weighted by Crippen LogP contribution is -2.25. The van der Waals surface area contributed by atoms with E-state index in [0.717, 1.165) is 57.4 Å². The number of carboxylic acids is 1. The van der Waals surface area contributed by atoms with Crippen LogP contribution in [0.1, 0.15) is 64.2 Å². The normalized spacial score (nSPS) is 14.4. The molecule has 5 nitrogen and oxygen atoms in total. The highest BCUT2D eigenvalue weighted by molar-refractivity contribution is 5.79. The molecule has 0 radical (unpaired) electrons. The Labute approximate surface area is 127 Å². The summed E-state index contributed by atoms with van der Waals surface area (Å²) in [7, 11) is 0. The summed E-state index contributed by atoms with van der Waals surface area (Å²) < 4.78 is 0. The van der Waals surface area contributed by atoms with Crippen LogP contribution in [0.15, 0.2) is 12.2 Å². The van der Waals surface area contributed by atoms with Crippen molar-refractivity contribution < 1.29 is 25.2 Å². The van der Waals surface area contributed by atoms with Crippen LogP contribution in [-0.2, 0) is 4.79 Å². The topological polar surface area (TPSA) is 98.0 Å². The number of aliphatic carboxylic acids is 1. The highest BCUT2D eigenvalue weighted by Gasteiger charge is 2.14. The molecule has 0 bridgehead atoms. The van der Waals surface area contributed by atoms with Crippen LogP contribution in [0, 0.1) is 0 Å². The summed E-state index contributed by atoms with van der Waals surface area (Å²) in [5.41, 5.74) is 0. The first-order valence-corrected chi connectivity index (χ1v) is 7.94. The molecule has 2 atom stereocenters. The molecular formula is C16H30O5. The van der Waals surface area contributed by atoms with Gasteiger partial charge in [0.25, 0.3) is 0 Å². The number of rotatable bonds is 14. The van der Waals surface area contributed by atoms with E-state index in [-0.39, 0.29) is 6.61 Å². The Hall–Kier alpha value is -0.910. The minimum Gasteiger partial charge on any atom is -0.478 e. The average Bonchev–Trinajstić information content (AvgIpc) is 2.45. The molecule has 0 amide bonds. The second-order valence-corrected chi connectivity index (χ2v) is 5.44. The SMILES string of the molecule is O=C(O)C=CCCCCCC(O)C(O)CCCCCCO. The monoisotopic (exact) mass is 302 g/mol. The lowest BCUT2D eigenvalue weighted by atomic mass is 10.0. The second kappa shape index (κ2) is 14.0. The fraction of sp³-hybridized carbons (Fsp3) is 0.812. The van der Waals surface area contributed by atoms with Crippen LogP contribution in [0.5, 0.6) is 0 Å². The maximum Gasteiger partial charge on any atom is 0.327 e. The van der Waals surface area contributed by atoms with Crippen LogP contribution < -0.4 is 0 Å². The van der Waals surface area contributed by atoms with E-state index in [9.17, 15) is 15.0 Å². The highest BCUT2D eigenvalue weighted by atomic mass is 16.4. The Morgan fingerprint density at radius 3 is 1.90 bits per heavy atom. The molecule has 124 valence electrons. The maximum atomic E-state index is 10.2. The first-order chi connectivity index (χ1) is 10.1. The van der Waals surface area contributed by atoms with Crippen LogP contribution in [0.2, 0.25) is 0 Å². The van der Waals surface area contributed by atoms with Gasteiger partial charge < -0.3 is 20.4 Å². The van der Waals surface area contributed by atoms with E-state index >= 15 is 0 Å². The third kappa shape index (κ3) is 13.8. The van der Waals surface area contributed by atoms with Gasteiger partial charge in [-0.25, -0.2) is 4.79 Å². The predicted molar refractivity (Wildman–Crippen MR) is 82.0 cm³/mol. The van der Waals surface area contributed by atoms with Crippen molar-refractivity contribution in [2.75, 3.05) is 6.61 Å². The Bertz CT molecular complexity index is 278. The number of carboxylic acid groups (broad SMARTS) is 1. The van der Waals surface area contributed by atoms with E-state index in [1.54, 1.807) is 6.08 Å². The smallest absolute Gasteiger partial charge is 0.327 e. The quantitative estimate of drug-likeness (QED) is 0.291. The van der Waals surface area contributed by atoms with Crippen molar-refractivity contribution in [1.82, 2.24) is 0 Å². The molecule has 5 heteroatoms. The van der Waals surface area contributed by atoms with E-state index in [1.807, 2.05) is 0 Å². The lowest BCUT2D eigenvalue weighted by Gasteiger charge is -2.17. The van der Waals surface area contributed by atoms with Gasteiger partial charge in [-0.15, -0.1) is 0 Å². The van der Waals surface area contributed by atoms with Gasteiger partial charge in [-0.2, -0.15) is 0 Å². The molecule has 0 aromatic rings. The number of carbonyl (C=O) groups is 1. The third-order valence-electron chi connectivity index (χ3n) is 3.48. The highest BCUT2D eigenvalue weighted by Crippen LogP contribution is 2.13. The fourth-order valence-electron chi connectivity index (χ4n) is 2.18. The number of allylic oxidation sites excluding steroid dienone is 1. The third-order valence-corrected chi connectivity index (χ3v) is 3.48. The Morgan fingerprint density at radius 1 is 0.857 bits per heavy atom. The van der Waals surface area contributed by atoms with Gasteiger partial charge in [0.15, 0.2) is 0 Å². The van der Waals surface area contributed by atoms with Crippen molar-refractivity contribution in [3.63, 3.8) is 0 Å². The van der Waals surface area contributed by atoms with Crippen molar-refractivity contribution in [1.29, 1.82) is 0 Å². The predicted octanol–water partition coefficient (Wildman–Crippen LogP) is 2.24. The van der Waals surface area contributed by atoms with Gasteiger partial charge in [0, 0.05) is 12.7 Å². The Balaban J connectivity index is 3.46. The minimum absolute atomic E-state index is 0.215. The Morgan fingerprint density at radius 2 is 1.38 bits per heavy atom. The number of hydrogen-bond donors (Lipinski definition) is 4. The summed E-state index contributed by atoms with van der Waals surface area (Å²) in [6.07, 6.45) is 9.64.